The van der Waals surface area contributed by atoms with E-state index in [-0.39, 0.29) is 4.90 Å². The molecule has 124 valence electrons. The van der Waals surface area contributed by atoms with Gasteiger partial charge < -0.3 is 14.8 Å². The lowest BCUT2D eigenvalue weighted by Crippen LogP contribution is -2.53. The van der Waals surface area contributed by atoms with Crippen molar-refractivity contribution in [2.45, 2.75) is 50.7 Å². The summed E-state index contributed by atoms with van der Waals surface area (Å²) in [5.74, 6) is 0. The summed E-state index contributed by atoms with van der Waals surface area (Å²) in [4.78, 5) is 0.116. The fourth-order valence-corrected chi connectivity index (χ4v) is 2.51. The lowest BCUT2D eigenvalue weighted by molar-refractivity contribution is -0.0982. The second kappa shape index (κ2) is 6.29. The smallest absolute Gasteiger partial charge is 0.423 e. The number of hydrogen-bond acceptors (Lipinski definition) is 5. The molecule has 3 N–H and O–H groups in total. The van der Waals surface area contributed by atoms with Crippen molar-refractivity contribution in [2.24, 2.45) is 0 Å². The lowest BCUT2D eigenvalue weighted by Gasteiger charge is -2.38. The van der Waals surface area contributed by atoms with E-state index >= 15 is 0 Å². The van der Waals surface area contributed by atoms with Gasteiger partial charge in [-0.1, -0.05) is 11.6 Å². The van der Waals surface area contributed by atoms with Gasteiger partial charge in [-0.15, -0.1) is 0 Å². The molecule has 0 spiro atoms. The molecule has 8 heteroatoms. The Morgan fingerprint density at radius 2 is 1.77 bits per heavy atom. The quantitative estimate of drug-likeness (QED) is 0.646. The summed E-state index contributed by atoms with van der Waals surface area (Å²) in [6, 6.07) is 4.37. The van der Waals surface area contributed by atoms with Crippen LogP contribution >= 0.6 is 0 Å². The maximum absolute atomic E-state index is 11.8. The molecule has 6 nitrogen and oxygen atoms in total. The zero-order valence-electron chi connectivity index (χ0n) is 13.8. The molecule has 0 atom stereocenters. The summed E-state index contributed by atoms with van der Waals surface area (Å²) in [6.45, 7) is 8.22. The first-order chi connectivity index (χ1) is 9.82. The molecule has 1 aromatic carbocycles. The molecule has 0 aliphatic rings. The number of aryl methyl sites for hydroxylation is 1. The topological polar surface area (TPSA) is 95.9 Å². The van der Waals surface area contributed by atoms with E-state index in [1.165, 1.54) is 25.2 Å². The van der Waals surface area contributed by atoms with Crippen LogP contribution in [0.3, 0.4) is 0 Å². The first-order valence-corrected chi connectivity index (χ1v) is 8.42. The Balaban J connectivity index is 3.09. The van der Waals surface area contributed by atoms with E-state index in [0.717, 1.165) is 0 Å². The molecule has 1 rings (SSSR count). The maximum atomic E-state index is 11.8. The van der Waals surface area contributed by atoms with Crippen molar-refractivity contribution < 1.29 is 23.2 Å². The molecular weight excluding hydrogens is 305 g/mol. The first-order valence-electron chi connectivity index (χ1n) is 6.94. The number of sulfonamides is 1. The summed E-state index contributed by atoms with van der Waals surface area (Å²) in [6.07, 6.45) is 0. The van der Waals surface area contributed by atoms with E-state index in [1.807, 2.05) is 0 Å². The Labute approximate surface area is 132 Å². The highest BCUT2D eigenvalue weighted by molar-refractivity contribution is 7.89. The monoisotopic (exact) mass is 329 g/mol. The Morgan fingerprint density at radius 1 is 1.23 bits per heavy atom. The molecule has 0 bridgehead atoms. The van der Waals surface area contributed by atoms with Crippen molar-refractivity contribution in [1.29, 1.82) is 0 Å². The van der Waals surface area contributed by atoms with Crippen molar-refractivity contribution >= 4 is 22.6 Å². The Kier molecular flexibility index (Phi) is 5.47. The van der Waals surface area contributed by atoms with Gasteiger partial charge in [0.1, 0.15) is 0 Å². The summed E-state index contributed by atoms with van der Waals surface area (Å²) < 4.78 is 31.3. The second-order valence-corrected chi connectivity index (χ2v) is 8.15. The minimum Gasteiger partial charge on any atom is -0.423 e. The van der Waals surface area contributed by atoms with Crippen molar-refractivity contribution in [2.75, 3.05) is 7.05 Å². The van der Waals surface area contributed by atoms with Crippen molar-refractivity contribution in [1.82, 2.24) is 4.72 Å². The number of aliphatic hydroxyl groups is 1. The Morgan fingerprint density at radius 3 is 2.18 bits per heavy atom. The van der Waals surface area contributed by atoms with Gasteiger partial charge in [0.15, 0.2) is 0 Å². The van der Waals surface area contributed by atoms with Crippen LogP contribution in [0.25, 0.3) is 0 Å². The average Bonchev–Trinajstić information content (AvgIpc) is 2.36. The Hall–Kier alpha value is -0.925. The van der Waals surface area contributed by atoms with Crippen LogP contribution in [-0.4, -0.2) is 43.9 Å². The average molecular weight is 329 g/mol. The molecule has 0 radical (unpaired) electrons. The number of nitrogens with one attached hydrogen (secondary N) is 1. The molecule has 0 aromatic heterocycles. The zero-order valence-corrected chi connectivity index (χ0v) is 14.7. The lowest BCUT2D eigenvalue weighted by atomic mass is 9.74. The standard InChI is InChI=1S/C14H24BNO5S/c1-10-9-11(22(19,20)16-6)7-8-12(10)15(18)21-14(4,5)13(2,3)17/h7-9,16-18H,1-6H3. The van der Waals surface area contributed by atoms with Crippen molar-refractivity contribution in [3.8, 4) is 0 Å². The third-order valence-corrected chi connectivity index (χ3v) is 5.38. The summed E-state index contributed by atoms with van der Waals surface area (Å²) in [7, 11) is -3.47. The van der Waals surface area contributed by atoms with Crippen LogP contribution < -0.4 is 10.2 Å². The largest absolute Gasteiger partial charge is 0.491 e. The van der Waals surface area contributed by atoms with E-state index in [0.29, 0.717) is 11.0 Å². The van der Waals surface area contributed by atoms with E-state index < -0.39 is 28.3 Å². The third kappa shape index (κ3) is 4.08. The molecule has 0 unspecified atom stereocenters. The number of benzene rings is 1. The normalized spacial score (nSPS) is 13.3. The zero-order chi connectivity index (χ0) is 17.3. The highest BCUT2D eigenvalue weighted by atomic mass is 32.2. The Bertz CT molecular complexity index is 637. The van der Waals surface area contributed by atoms with Crippen LogP contribution in [0.2, 0.25) is 0 Å². The van der Waals surface area contributed by atoms with Crippen LogP contribution in [0.4, 0.5) is 0 Å². The molecule has 0 heterocycles. The summed E-state index contributed by atoms with van der Waals surface area (Å²) >= 11 is 0. The molecule has 22 heavy (non-hydrogen) atoms. The third-order valence-electron chi connectivity index (χ3n) is 3.97. The van der Waals surface area contributed by atoms with Crippen LogP contribution in [0, 0.1) is 6.92 Å². The number of hydrogen-bond donors (Lipinski definition) is 3. The van der Waals surface area contributed by atoms with Crippen LogP contribution in [0.1, 0.15) is 33.3 Å². The molecule has 1 aromatic rings. The van der Waals surface area contributed by atoms with E-state index in [2.05, 4.69) is 4.72 Å². The van der Waals surface area contributed by atoms with Gasteiger partial charge >= 0.3 is 7.12 Å². The minimum atomic E-state index is -3.53. The van der Waals surface area contributed by atoms with Gasteiger partial charge in [0.05, 0.1) is 16.1 Å². The second-order valence-electron chi connectivity index (χ2n) is 6.27. The van der Waals surface area contributed by atoms with Crippen LogP contribution in [-0.2, 0) is 14.7 Å². The molecule has 0 fully saturated rings. The van der Waals surface area contributed by atoms with E-state index in [4.69, 9.17) is 4.65 Å². The van der Waals surface area contributed by atoms with Crippen molar-refractivity contribution in [3.63, 3.8) is 0 Å². The SMILES string of the molecule is CNS(=O)(=O)c1ccc(B(O)OC(C)(C)C(C)(C)O)c(C)c1. The van der Waals surface area contributed by atoms with Gasteiger partial charge in [-0.3, -0.25) is 0 Å². The van der Waals surface area contributed by atoms with E-state index in [1.54, 1.807) is 34.6 Å². The van der Waals surface area contributed by atoms with Crippen LogP contribution in [0.15, 0.2) is 23.1 Å². The summed E-state index contributed by atoms with van der Waals surface area (Å²) in [5, 5.41) is 20.3. The van der Waals surface area contributed by atoms with Gasteiger partial charge in [0.25, 0.3) is 0 Å². The van der Waals surface area contributed by atoms with Gasteiger partial charge in [-0.05, 0) is 59.3 Å². The van der Waals surface area contributed by atoms with Gasteiger partial charge in [-0.2, -0.15) is 0 Å². The predicted molar refractivity (Wildman–Crippen MR) is 86.5 cm³/mol. The van der Waals surface area contributed by atoms with Gasteiger partial charge in [-0.25, -0.2) is 13.1 Å². The molecule has 0 saturated heterocycles. The minimum absolute atomic E-state index is 0.116. The molecule has 0 amide bonds. The van der Waals surface area contributed by atoms with Crippen molar-refractivity contribution in [3.05, 3.63) is 23.8 Å². The molecular formula is C14H24BNO5S. The van der Waals surface area contributed by atoms with Gasteiger partial charge in [0, 0.05) is 0 Å². The molecule has 0 aliphatic heterocycles. The maximum Gasteiger partial charge on any atom is 0.491 e. The van der Waals surface area contributed by atoms with Gasteiger partial charge in [0.2, 0.25) is 10.0 Å². The summed E-state index contributed by atoms with van der Waals surface area (Å²) in [5.41, 5.74) is -1.12. The highest BCUT2D eigenvalue weighted by Crippen LogP contribution is 2.25. The molecule has 0 aliphatic carbocycles. The molecule has 0 saturated carbocycles. The highest BCUT2D eigenvalue weighted by Gasteiger charge is 2.39. The fraction of sp³-hybridized carbons (Fsp3) is 0.571. The fourth-order valence-electron chi connectivity index (χ4n) is 1.70. The first kappa shape index (κ1) is 19.1. The van der Waals surface area contributed by atoms with E-state index in [9.17, 15) is 18.5 Å². The predicted octanol–water partition coefficient (Wildman–Crippen LogP) is 0.157. The van der Waals surface area contributed by atoms with Crippen LogP contribution in [0.5, 0.6) is 0 Å². The number of rotatable bonds is 6.